The van der Waals surface area contributed by atoms with Crippen LogP contribution in [0.4, 0.5) is 8.78 Å². The Morgan fingerprint density at radius 1 is 1.28 bits per heavy atom. The van der Waals surface area contributed by atoms with Crippen LogP contribution in [-0.4, -0.2) is 70.6 Å². The maximum Gasteiger partial charge on any atom is 0.234 e. The maximum atomic E-state index is 14.0. The van der Waals surface area contributed by atoms with Gasteiger partial charge in [0, 0.05) is 25.7 Å². The zero-order valence-corrected chi connectivity index (χ0v) is 23.8. The number of ether oxygens (including phenoxy) is 1. The molecule has 2 fully saturated rings. The largest absolute Gasteiger partial charge is 0.491 e. The summed E-state index contributed by atoms with van der Waals surface area (Å²) in [4.78, 5) is 27.2. The van der Waals surface area contributed by atoms with Crippen LogP contribution in [0.2, 0.25) is 0 Å². The van der Waals surface area contributed by atoms with E-state index in [0.29, 0.717) is 30.9 Å². The second-order valence-electron chi connectivity index (χ2n) is 9.62. The summed E-state index contributed by atoms with van der Waals surface area (Å²) in [5, 5.41) is 29.5. The number of pyridine rings is 1. The molecule has 1 aromatic heterocycles. The molecular formula is C27H35F2N5O4S. The lowest BCUT2D eigenvalue weighted by atomic mass is 9.98. The Labute approximate surface area is 230 Å². The second kappa shape index (κ2) is 11.6. The molecule has 2 aliphatic carbocycles. The lowest BCUT2D eigenvalue weighted by Gasteiger charge is -2.50. The summed E-state index contributed by atoms with van der Waals surface area (Å²) < 4.78 is 33.9. The van der Waals surface area contributed by atoms with Gasteiger partial charge in [-0.25, -0.2) is 8.78 Å². The normalized spacial score (nSPS) is 23.0. The van der Waals surface area contributed by atoms with Gasteiger partial charge < -0.3 is 9.84 Å². The summed E-state index contributed by atoms with van der Waals surface area (Å²) >= 11 is 0.644. The molecule has 4 rings (SSSR count). The smallest absolute Gasteiger partial charge is 0.234 e. The molecule has 0 bridgehead atoms. The predicted octanol–water partition coefficient (Wildman–Crippen LogP) is 3.62. The summed E-state index contributed by atoms with van der Waals surface area (Å²) in [5.41, 5.74) is -2.72. The lowest BCUT2D eigenvalue weighted by Crippen LogP contribution is -2.68. The number of hydrogen-bond donors (Lipinski definition) is 3. The Bertz CT molecular complexity index is 1350. The minimum absolute atomic E-state index is 0.0751. The molecule has 0 spiro atoms. The van der Waals surface area contributed by atoms with Crippen LogP contribution in [0.25, 0.3) is 0 Å². The molecule has 39 heavy (non-hydrogen) atoms. The highest BCUT2D eigenvalue weighted by atomic mass is 32.2. The molecule has 0 amide bonds. The predicted molar refractivity (Wildman–Crippen MR) is 149 cm³/mol. The van der Waals surface area contributed by atoms with Gasteiger partial charge in [-0.2, -0.15) is 0 Å². The van der Waals surface area contributed by atoms with Gasteiger partial charge in [0.25, 0.3) is 0 Å². The molecule has 1 aromatic carbocycles. The highest BCUT2D eigenvalue weighted by Gasteiger charge is 2.73. The van der Waals surface area contributed by atoms with Gasteiger partial charge in [0.1, 0.15) is 33.6 Å². The summed E-state index contributed by atoms with van der Waals surface area (Å²) in [6.07, 6.45) is 3.64. The van der Waals surface area contributed by atoms with Gasteiger partial charge in [-0.1, -0.05) is 31.7 Å². The van der Waals surface area contributed by atoms with E-state index in [1.807, 2.05) is 32.8 Å². The molecular weight excluding hydrogens is 528 g/mol. The number of nitrogens with zero attached hydrogens (tertiary/aromatic N) is 3. The number of likely N-dealkylation sites (N-methyl/N-ethyl adjacent to an activating group) is 2. The fraction of sp³-hybridized carbons (Fsp3) is 0.481. The number of thioether (sulfide) groups is 1. The zero-order valence-electron chi connectivity index (χ0n) is 23.0. The van der Waals surface area contributed by atoms with E-state index in [-0.39, 0.29) is 45.0 Å². The number of carbonyl (C=O) groups is 1. The van der Waals surface area contributed by atoms with Gasteiger partial charge in [-0.15, -0.1) is 0 Å². The summed E-state index contributed by atoms with van der Waals surface area (Å²) in [6.45, 7) is 4.00. The van der Waals surface area contributed by atoms with Gasteiger partial charge >= 0.3 is 0 Å². The van der Waals surface area contributed by atoms with E-state index >= 15 is 0 Å². The average Bonchev–Trinajstić information content (AvgIpc) is 3.47. The molecule has 9 nitrogen and oxygen atoms in total. The SMILES string of the molecule is CC.COc1c(C=O)n(N(C)C2(N(C)C)CCC3CC32O)cc(C(=N)SC(=N)Cc2ccc(F)cc2F)c1=O. The number of nitrogens with one attached hydrogen (secondary N) is 2. The molecule has 3 N–H and O–H groups in total. The zero-order chi connectivity index (χ0) is 29.3. The van der Waals surface area contributed by atoms with Crippen molar-refractivity contribution in [3.05, 3.63) is 63.1 Å². The monoisotopic (exact) mass is 563 g/mol. The van der Waals surface area contributed by atoms with Crippen LogP contribution >= 0.6 is 11.8 Å². The van der Waals surface area contributed by atoms with E-state index in [9.17, 15) is 23.5 Å². The number of benzene rings is 1. The van der Waals surface area contributed by atoms with Crippen molar-refractivity contribution in [2.24, 2.45) is 5.92 Å². The van der Waals surface area contributed by atoms with E-state index in [0.717, 1.165) is 18.6 Å². The number of aliphatic hydroxyl groups is 1. The molecule has 0 radical (unpaired) electrons. The van der Waals surface area contributed by atoms with Gasteiger partial charge in [0.15, 0.2) is 12.0 Å². The fourth-order valence-electron chi connectivity index (χ4n) is 5.62. The minimum Gasteiger partial charge on any atom is -0.491 e. The van der Waals surface area contributed by atoms with E-state index in [1.165, 1.54) is 24.0 Å². The highest BCUT2D eigenvalue weighted by Crippen LogP contribution is 2.63. The highest BCUT2D eigenvalue weighted by molar-refractivity contribution is 8.26. The van der Waals surface area contributed by atoms with Crippen LogP contribution in [0.5, 0.6) is 5.75 Å². The topological polar surface area (TPSA) is 123 Å². The van der Waals surface area contributed by atoms with Crippen molar-refractivity contribution in [2.45, 2.75) is 50.8 Å². The third-order valence-corrected chi connectivity index (χ3v) is 8.35. The molecule has 3 unspecified atom stereocenters. The summed E-state index contributed by atoms with van der Waals surface area (Å²) in [7, 11) is 6.62. The van der Waals surface area contributed by atoms with Crippen LogP contribution in [-0.2, 0) is 6.42 Å². The van der Waals surface area contributed by atoms with Crippen molar-refractivity contribution < 1.29 is 23.4 Å². The molecule has 212 valence electrons. The number of carbonyl (C=O) groups excluding carboxylic acids is 1. The Kier molecular flexibility index (Phi) is 9.03. The Morgan fingerprint density at radius 2 is 1.95 bits per heavy atom. The number of aromatic nitrogens is 1. The third kappa shape index (κ3) is 5.12. The number of fused-ring (bicyclic) bond motifs is 1. The van der Waals surface area contributed by atoms with Crippen LogP contribution < -0.4 is 15.2 Å². The van der Waals surface area contributed by atoms with Crippen LogP contribution in [0.3, 0.4) is 0 Å². The van der Waals surface area contributed by atoms with Gasteiger partial charge in [-0.05, 0) is 50.9 Å². The van der Waals surface area contributed by atoms with Crippen molar-refractivity contribution in [3.8, 4) is 5.75 Å². The molecule has 12 heteroatoms. The first kappa shape index (κ1) is 30.5. The Hall–Kier alpha value is -3.09. The van der Waals surface area contributed by atoms with E-state index < -0.39 is 28.3 Å². The van der Waals surface area contributed by atoms with E-state index in [4.69, 9.17) is 15.6 Å². The van der Waals surface area contributed by atoms with E-state index in [2.05, 4.69) is 0 Å². The summed E-state index contributed by atoms with van der Waals surface area (Å²) in [5.74, 6) is -1.69. The van der Waals surface area contributed by atoms with Crippen molar-refractivity contribution in [3.63, 3.8) is 0 Å². The molecule has 3 atom stereocenters. The molecule has 1 heterocycles. The molecule has 0 saturated heterocycles. The van der Waals surface area contributed by atoms with Crippen LogP contribution in [0, 0.1) is 28.4 Å². The quantitative estimate of drug-likeness (QED) is 0.194. The first-order valence-electron chi connectivity index (χ1n) is 12.6. The van der Waals surface area contributed by atoms with Gasteiger partial charge in [0.2, 0.25) is 5.43 Å². The Balaban J connectivity index is 0.00000205. The van der Waals surface area contributed by atoms with Gasteiger partial charge in [0.05, 0.1) is 17.7 Å². The van der Waals surface area contributed by atoms with Gasteiger partial charge in [-0.3, -0.25) is 35.0 Å². The maximum absolute atomic E-state index is 14.0. The van der Waals surface area contributed by atoms with Crippen LogP contribution in [0.15, 0.2) is 29.2 Å². The molecule has 2 aliphatic rings. The third-order valence-electron chi connectivity index (χ3n) is 7.54. The molecule has 2 aromatic rings. The second-order valence-corrected chi connectivity index (χ2v) is 10.7. The number of rotatable bonds is 8. The fourth-order valence-corrected chi connectivity index (χ4v) is 6.35. The Morgan fingerprint density at radius 3 is 2.44 bits per heavy atom. The van der Waals surface area contributed by atoms with Crippen molar-refractivity contribution in [1.29, 1.82) is 10.8 Å². The van der Waals surface area contributed by atoms with E-state index in [1.54, 1.807) is 12.1 Å². The van der Waals surface area contributed by atoms with Crippen molar-refractivity contribution >= 4 is 28.1 Å². The average molecular weight is 564 g/mol. The number of methoxy groups -OCH3 is 1. The van der Waals surface area contributed by atoms with Crippen molar-refractivity contribution in [2.75, 3.05) is 33.3 Å². The lowest BCUT2D eigenvalue weighted by molar-refractivity contribution is -0.0309. The summed E-state index contributed by atoms with van der Waals surface area (Å²) in [6, 6.07) is 3.03. The van der Waals surface area contributed by atoms with Crippen LogP contribution in [0.1, 0.15) is 54.7 Å². The standard InChI is InChI=1S/C25H29F2N5O4S.C2H6/c1-30(2)25(8-7-15-11-24(15,25)35)31(3)32-12-17(21(34)22(36-4)19(32)13-33)23(29)37-20(28)9-14-5-6-16(26)10-18(14)27;1-2/h5-6,10,12-13,15,28-29,35H,7-9,11H2,1-4H3;1-2H3. The minimum atomic E-state index is -1.01. The first-order valence-corrected chi connectivity index (χ1v) is 13.4. The number of aldehydes is 1. The number of hydrogen-bond acceptors (Lipinski definition) is 9. The van der Waals surface area contributed by atoms with Crippen molar-refractivity contribution in [1.82, 2.24) is 9.58 Å². The first-order chi connectivity index (χ1) is 18.4. The molecule has 0 aliphatic heterocycles. The number of halogens is 2. The molecule has 2 saturated carbocycles.